The predicted molar refractivity (Wildman–Crippen MR) is 80.4 cm³/mol. The summed E-state index contributed by atoms with van der Waals surface area (Å²) < 4.78 is 5.66. The van der Waals surface area contributed by atoms with Gasteiger partial charge in [0.1, 0.15) is 5.60 Å². The van der Waals surface area contributed by atoms with Crippen LogP contribution in [0.4, 0.5) is 0 Å². The molecule has 2 atom stereocenters. The molecule has 0 saturated carbocycles. The Kier molecular flexibility index (Phi) is 3.92. The van der Waals surface area contributed by atoms with Crippen LogP contribution in [0.25, 0.3) is 0 Å². The minimum atomic E-state index is -0.483. The number of esters is 1. The van der Waals surface area contributed by atoms with Crippen LogP contribution in [0.2, 0.25) is 0 Å². The van der Waals surface area contributed by atoms with Gasteiger partial charge in [0.05, 0.1) is 11.5 Å². The van der Waals surface area contributed by atoms with Gasteiger partial charge in [0.25, 0.3) is 0 Å². The van der Waals surface area contributed by atoms with E-state index in [0.29, 0.717) is 0 Å². The number of carbonyl (C=O) groups is 1. The highest BCUT2D eigenvalue weighted by atomic mass is 16.6. The van der Waals surface area contributed by atoms with Crippen LogP contribution in [0.3, 0.4) is 0 Å². The van der Waals surface area contributed by atoms with Gasteiger partial charge in [-0.15, -0.1) is 0 Å². The molecule has 0 radical (unpaired) electrons. The number of hydrogen-bond acceptors (Lipinski definition) is 3. The maximum absolute atomic E-state index is 12.7. The third-order valence-corrected chi connectivity index (χ3v) is 4.01. The Morgan fingerprint density at radius 2 is 1.90 bits per heavy atom. The Morgan fingerprint density at radius 1 is 1.30 bits per heavy atom. The number of rotatable bonds is 2. The van der Waals surface area contributed by atoms with Gasteiger partial charge < -0.3 is 4.74 Å². The molecule has 20 heavy (non-hydrogen) atoms. The third-order valence-electron chi connectivity index (χ3n) is 4.01. The van der Waals surface area contributed by atoms with Crippen LogP contribution >= 0.6 is 0 Å². The average molecular weight is 275 g/mol. The quantitative estimate of drug-likeness (QED) is 0.775. The first-order chi connectivity index (χ1) is 9.24. The SMILES string of the molecule is CN1CC[C@](C)(C(=O)OC(C)(C)C)[C@@H]1c1ccccc1. The summed E-state index contributed by atoms with van der Waals surface area (Å²) in [5, 5.41) is 0. The smallest absolute Gasteiger partial charge is 0.314 e. The molecule has 0 unspecified atom stereocenters. The van der Waals surface area contributed by atoms with Gasteiger partial charge in [0, 0.05) is 0 Å². The molecule has 1 fully saturated rings. The standard InChI is InChI=1S/C17H25NO2/c1-16(2,3)20-15(19)17(4)11-12-18(5)14(17)13-9-7-6-8-10-13/h6-10,14H,11-12H2,1-5H3/t14-,17-/m0/s1. The van der Waals surface area contributed by atoms with Crippen LogP contribution in [-0.2, 0) is 9.53 Å². The van der Waals surface area contributed by atoms with Crippen molar-refractivity contribution in [2.45, 2.75) is 45.8 Å². The number of ether oxygens (including phenoxy) is 1. The number of likely N-dealkylation sites (tertiary alicyclic amines) is 1. The molecule has 3 heteroatoms. The van der Waals surface area contributed by atoms with Crippen molar-refractivity contribution in [2.75, 3.05) is 13.6 Å². The molecule has 1 aliphatic heterocycles. The van der Waals surface area contributed by atoms with Crippen molar-refractivity contribution in [1.29, 1.82) is 0 Å². The van der Waals surface area contributed by atoms with Gasteiger partial charge in [-0.05, 0) is 53.3 Å². The molecule has 1 aliphatic rings. The number of nitrogens with zero attached hydrogens (tertiary/aromatic N) is 1. The molecule has 1 aromatic rings. The highest BCUT2D eigenvalue weighted by Gasteiger charge is 2.50. The molecule has 0 aliphatic carbocycles. The molecule has 0 spiro atoms. The van der Waals surface area contributed by atoms with E-state index in [-0.39, 0.29) is 12.0 Å². The van der Waals surface area contributed by atoms with Crippen molar-refractivity contribution in [3.63, 3.8) is 0 Å². The zero-order chi connectivity index (χ0) is 15.0. The minimum Gasteiger partial charge on any atom is -0.459 e. The van der Waals surface area contributed by atoms with E-state index in [1.807, 2.05) is 45.9 Å². The van der Waals surface area contributed by atoms with Crippen molar-refractivity contribution in [3.05, 3.63) is 35.9 Å². The second kappa shape index (κ2) is 5.21. The normalized spacial score (nSPS) is 27.6. The van der Waals surface area contributed by atoms with E-state index in [9.17, 15) is 4.79 Å². The lowest BCUT2D eigenvalue weighted by Crippen LogP contribution is -2.39. The third kappa shape index (κ3) is 2.88. The largest absolute Gasteiger partial charge is 0.459 e. The zero-order valence-electron chi connectivity index (χ0n) is 13.1. The number of hydrogen-bond donors (Lipinski definition) is 0. The predicted octanol–water partition coefficient (Wildman–Crippen LogP) is 3.41. The second-order valence-electron chi connectivity index (χ2n) is 6.96. The van der Waals surface area contributed by atoms with Gasteiger partial charge in [-0.3, -0.25) is 9.69 Å². The molecule has 1 aromatic carbocycles. The lowest BCUT2D eigenvalue weighted by atomic mass is 9.79. The molecule has 1 heterocycles. The summed E-state index contributed by atoms with van der Waals surface area (Å²) in [5.74, 6) is -0.0943. The fraction of sp³-hybridized carbons (Fsp3) is 0.588. The van der Waals surface area contributed by atoms with E-state index >= 15 is 0 Å². The molecule has 3 nitrogen and oxygen atoms in total. The molecule has 0 N–H and O–H groups in total. The number of benzene rings is 1. The van der Waals surface area contributed by atoms with E-state index in [1.165, 1.54) is 5.56 Å². The lowest BCUT2D eigenvalue weighted by Gasteiger charge is -2.34. The fourth-order valence-corrected chi connectivity index (χ4v) is 3.03. The van der Waals surface area contributed by atoms with Crippen LogP contribution in [0, 0.1) is 5.41 Å². The molecular formula is C17H25NO2. The molecule has 2 rings (SSSR count). The first-order valence-electron chi connectivity index (χ1n) is 7.23. The second-order valence-corrected chi connectivity index (χ2v) is 6.96. The summed E-state index contributed by atoms with van der Waals surface area (Å²) in [7, 11) is 2.08. The highest BCUT2D eigenvalue weighted by Crippen LogP contribution is 2.47. The lowest BCUT2D eigenvalue weighted by molar-refractivity contribution is -0.168. The molecule has 110 valence electrons. The average Bonchev–Trinajstić information content (AvgIpc) is 2.66. The van der Waals surface area contributed by atoms with Crippen molar-refractivity contribution < 1.29 is 9.53 Å². The number of carbonyl (C=O) groups excluding carboxylic acids is 1. The molecule has 0 amide bonds. The van der Waals surface area contributed by atoms with Gasteiger partial charge in [-0.1, -0.05) is 30.3 Å². The van der Waals surface area contributed by atoms with Gasteiger partial charge >= 0.3 is 5.97 Å². The van der Waals surface area contributed by atoms with Crippen LogP contribution in [0.15, 0.2) is 30.3 Å². The Hall–Kier alpha value is -1.35. The van der Waals surface area contributed by atoms with E-state index in [4.69, 9.17) is 4.74 Å². The van der Waals surface area contributed by atoms with Crippen molar-refractivity contribution in [3.8, 4) is 0 Å². The summed E-state index contributed by atoms with van der Waals surface area (Å²) in [4.78, 5) is 14.9. The topological polar surface area (TPSA) is 29.5 Å². The van der Waals surface area contributed by atoms with Gasteiger partial charge in [0.2, 0.25) is 0 Å². The first-order valence-corrected chi connectivity index (χ1v) is 7.23. The summed E-state index contributed by atoms with van der Waals surface area (Å²) >= 11 is 0. The monoisotopic (exact) mass is 275 g/mol. The van der Waals surface area contributed by atoms with Crippen LogP contribution < -0.4 is 0 Å². The van der Waals surface area contributed by atoms with Crippen LogP contribution in [0.1, 0.15) is 45.7 Å². The fourth-order valence-electron chi connectivity index (χ4n) is 3.03. The molecular weight excluding hydrogens is 250 g/mol. The van der Waals surface area contributed by atoms with Gasteiger partial charge in [0.15, 0.2) is 0 Å². The van der Waals surface area contributed by atoms with E-state index in [2.05, 4.69) is 24.1 Å². The maximum atomic E-state index is 12.7. The van der Waals surface area contributed by atoms with Crippen LogP contribution in [-0.4, -0.2) is 30.1 Å². The van der Waals surface area contributed by atoms with E-state index in [1.54, 1.807) is 0 Å². The van der Waals surface area contributed by atoms with Crippen molar-refractivity contribution in [2.24, 2.45) is 5.41 Å². The van der Waals surface area contributed by atoms with E-state index in [0.717, 1.165) is 13.0 Å². The van der Waals surface area contributed by atoms with E-state index < -0.39 is 11.0 Å². The summed E-state index contributed by atoms with van der Waals surface area (Å²) in [6.45, 7) is 8.71. The molecule has 0 bridgehead atoms. The molecule has 0 aromatic heterocycles. The summed E-state index contributed by atoms with van der Waals surface area (Å²) in [6.07, 6.45) is 0.831. The minimum absolute atomic E-state index is 0.0820. The Labute approximate surface area is 121 Å². The Bertz CT molecular complexity index is 478. The van der Waals surface area contributed by atoms with Crippen molar-refractivity contribution >= 4 is 5.97 Å². The zero-order valence-corrected chi connectivity index (χ0v) is 13.1. The maximum Gasteiger partial charge on any atom is 0.314 e. The summed E-state index contributed by atoms with van der Waals surface area (Å²) in [5.41, 5.74) is 0.257. The Morgan fingerprint density at radius 3 is 2.45 bits per heavy atom. The van der Waals surface area contributed by atoms with Crippen molar-refractivity contribution in [1.82, 2.24) is 4.90 Å². The Balaban J connectivity index is 2.31. The van der Waals surface area contributed by atoms with Crippen LogP contribution in [0.5, 0.6) is 0 Å². The first kappa shape index (κ1) is 15.0. The van der Waals surface area contributed by atoms with Gasteiger partial charge in [-0.2, -0.15) is 0 Å². The van der Waals surface area contributed by atoms with Gasteiger partial charge in [-0.25, -0.2) is 0 Å². The highest BCUT2D eigenvalue weighted by molar-refractivity contribution is 5.78. The molecule has 1 saturated heterocycles. The summed E-state index contributed by atoms with van der Waals surface area (Å²) in [6, 6.07) is 10.3.